The first-order valence-corrected chi connectivity index (χ1v) is 17.0. The number of carboxylic acids is 1. The van der Waals surface area contributed by atoms with E-state index in [9.17, 15) is 48.9 Å². The molecule has 1 unspecified atom stereocenters. The molecule has 10 N–H and O–H groups in total. The van der Waals surface area contributed by atoms with Gasteiger partial charge in [-0.05, 0) is 30.2 Å². The molecule has 1 aliphatic heterocycles. The second-order valence-corrected chi connectivity index (χ2v) is 12.8. The number of urea groups is 1. The summed E-state index contributed by atoms with van der Waals surface area (Å²) in [7, 11) is 1.39. The summed E-state index contributed by atoms with van der Waals surface area (Å²) in [6.07, 6.45) is -2.17. The third-order valence-corrected chi connectivity index (χ3v) is 8.92. The van der Waals surface area contributed by atoms with Crippen LogP contribution in [-0.2, 0) is 36.8 Å². The van der Waals surface area contributed by atoms with Crippen LogP contribution in [0.2, 0.25) is 0 Å². The van der Waals surface area contributed by atoms with Crippen LogP contribution in [-0.4, -0.2) is 116 Å². The smallest absolute Gasteiger partial charge is 0.330 e. The number of rotatable bonds is 16. The summed E-state index contributed by atoms with van der Waals surface area (Å²) in [5.41, 5.74) is 5.25. The quantitative estimate of drug-likeness (QED) is 0.0761. The predicted octanol–water partition coefficient (Wildman–Crippen LogP) is -2.10. The molecule has 54 heavy (non-hydrogen) atoms. The van der Waals surface area contributed by atoms with Gasteiger partial charge in [0.2, 0.25) is 17.7 Å². The minimum absolute atomic E-state index is 0.00306. The minimum atomic E-state index is -1.42. The van der Waals surface area contributed by atoms with Gasteiger partial charge in [0.05, 0.1) is 18.7 Å². The maximum atomic E-state index is 13.9. The number of phenols is 1. The Hall–Kier alpha value is -6.05. The number of carboxylic acid groups (broad SMARTS) is 1. The van der Waals surface area contributed by atoms with Crippen molar-refractivity contribution in [3.63, 3.8) is 0 Å². The number of hydrogen-bond donors (Lipinski definition) is 9. The molecule has 19 nitrogen and oxygen atoms in total. The van der Waals surface area contributed by atoms with Gasteiger partial charge in [0.15, 0.2) is 6.23 Å². The number of nitrogens with one attached hydrogen (secondary N) is 5. The minimum Gasteiger partial charge on any atom is -0.508 e. The van der Waals surface area contributed by atoms with Crippen LogP contribution in [0.4, 0.5) is 4.79 Å². The number of likely N-dealkylation sites (N-methyl/N-ethyl adjacent to an activating group) is 1. The number of H-pyrrole nitrogens is 1. The fraction of sp³-hybridized carbons (Fsp3) is 0.400. The van der Waals surface area contributed by atoms with Crippen molar-refractivity contribution in [1.29, 1.82) is 0 Å². The molecule has 290 valence electrons. The lowest BCUT2D eigenvalue weighted by molar-refractivity contribution is -0.139. The molecule has 2 aromatic carbocycles. The highest BCUT2D eigenvalue weighted by atomic mass is 16.5. The Bertz CT molecular complexity index is 1900. The summed E-state index contributed by atoms with van der Waals surface area (Å²) in [6.45, 7) is 0.916. The normalized spacial score (nSPS) is 18.7. The van der Waals surface area contributed by atoms with Gasteiger partial charge in [-0.25, -0.2) is 14.4 Å². The second kappa shape index (κ2) is 18.6. The average molecular weight is 753 g/mol. The second-order valence-electron chi connectivity index (χ2n) is 12.8. The molecule has 1 fully saturated rings. The van der Waals surface area contributed by atoms with Crippen LogP contribution in [0.3, 0.4) is 0 Å². The van der Waals surface area contributed by atoms with Gasteiger partial charge in [-0.2, -0.15) is 0 Å². The molecule has 1 aliphatic rings. The maximum Gasteiger partial charge on any atom is 0.330 e. The lowest BCUT2D eigenvalue weighted by Crippen LogP contribution is -2.62. The van der Waals surface area contributed by atoms with Gasteiger partial charge in [0.25, 0.3) is 5.56 Å². The number of aromatic hydroxyl groups is 1. The lowest BCUT2D eigenvalue weighted by Gasteiger charge is -2.33. The van der Waals surface area contributed by atoms with Crippen LogP contribution < -0.4 is 38.2 Å². The molecule has 7 atom stereocenters. The molecule has 4 rings (SSSR count). The largest absolute Gasteiger partial charge is 0.508 e. The third kappa shape index (κ3) is 11.0. The number of nitrogens with two attached hydrogens (primary N) is 1. The summed E-state index contributed by atoms with van der Waals surface area (Å²) in [6, 6.07) is 9.27. The van der Waals surface area contributed by atoms with Crippen molar-refractivity contribution in [3.8, 4) is 5.75 Å². The van der Waals surface area contributed by atoms with E-state index >= 15 is 0 Å². The molecule has 2 heterocycles. The molecule has 0 aliphatic carbocycles. The van der Waals surface area contributed by atoms with Gasteiger partial charge in [-0.15, -0.1) is 0 Å². The summed E-state index contributed by atoms with van der Waals surface area (Å²) >= 11 is 0. The van der Waals surface area contributed by atoms with Crippen LogP contribution in [0, 0.1) is 0 Å². The van der Waals surface area contributed by atoms with E-state index in [4.69, 9.17) is 10.5 Å². The first kappa shape index (κ1) is 40.7. The van der Waals surface area contributed by atoms with Gasteiger partial charge < -0.3 is 52.0 Å². The Morgan fingerprint density at radius 1 is 0.944 bits per heavy atom. The van der Waals surface area contributed by atoms with E-state index in [1.807, 2.05) is 0 Å². The molecule has 0 saturated carbocycles. The molecular weight excluding hydrogens is 708 g/mol. The number of aliphatic carboxylic acids is 1. The van der Waals surface area contributed by atoms with Gasteiger partial charge >= 0.3 is 17.7 Å². The predicted molar refractivity (Wildman–Crippen MR) is 191 cm³/mol. The van der Waals surface area contributed by atoms with Crippen LogP contribution in [0.1, 0.15) is 30.7 Å². The summed E-state index contributed by atoms with van der Waals surface area (Å²) in [5.74, 6) is -3.53. The molecule has 1 saturated heterocycles. The maximum absolute atomic E-state index is 13.9. The zero-order chi connectivity index (χ0) is 39.5. The van der Waals surface area contributed by atoms with Crippen molar-refractivity contribution in [2.75, 3.05) is 20.1 Å². The summed E-state index contributed by atoms with van der Waals surface area (Å²) in [5, 5.41) is 40.1. The van der Waals surface area contributed by atoms with Crippen LogP contribution >= 0.6 is 0 Å². The van der Waals surface area contributed by atoms with Crippen molar-refractivity contribution in [3.05, 3.63) is 98.8 Å². The topological polar surface area (TPSA) is 288 Å². The van der Waals surface area contributed by atoms with E-state index in [-0.39, 0.29) is 31.6 Å². The van der Waals surface area contributed by atoms with Gasteiger partial charge in [-0.1, -0.05) is 42.5 Å². The van der Waals surface area contributed by atoms with Crippen molar-refractivity contribution >= 4 is 29.7 Å². The number of carbonyl (C=O) groups is 5. The fourth-order valence-corrected chi connectivity index (χ4v) is 5.80. The van der Waals surface area contributed by atoms with E-state index in [1.165, 1.54) is 49.3 Å². The van der Waals surface area contributed by atoms with Gasteiger partial charge in [0.1, 0.15) is 30.0 Å². The highest BCUT2D eigenvalue weighted by molar-refractivity contribution is 5.93. The molecule has 1 aromatic heterocycles. The summed E-state index contributed by atoms with van der Waals surface area (Å²) < 4.78 is 6.80. The molecule has 0 spiro atoms. The SMILES string of the molecule is C[C@@H](C(NC(=O)[C@H](Cc1ccccc1)NC(=O)N[C@@H](Cc1ccc(O)cc1)C(=O)O)C(=O)NC[C@H]1C[C@@H](O)[C@H](n2ccc(=O)[nH]c2=O)O1)N(C)C(=O)CN. The monoisotopic (exact) mass is 752 g/mol. The number of phenolic OH excluding ortho intramolecular Hbond substituents is 1. The van der Waals surface area contributed by atoms with Crippen molar-refractivity contribution < 1.29 is 44.0 Å². The van der Waals surface area contributed by atoms with E-state index < -0.39 is 90.1 Å². The fourth-order valence-electron chi connectivity index (χ4n) is 5.80. The number of benzene rings is 2. The Morgan fingerprint density at radius 3 is 2.20 bits per heavy atom. The molecule has 19 heteroatoms. The van der Waals surface area contributed by atoms with Crippen molar-refractivity contribution in [2.45, 2.75) is 68.8 Å². The number of amides is 5. The third-order valence-electron chi connectivity index (χ3n) is 8.92. The van der Waals surface area contributed by atoms with Gasteiger partial charge in [0, 0.05) is 45.1 Å². The van der Waals surface area contributed by atoms with Crippen LogP contribution in [0.15, 0.2) is 76.4 Å². The zero-order valence-electron chi connectivity index (χ0n) is 29.5. The summed E-state index contributed by atoms with van der Waals surface area (Å²) in [4.78, 5) is 92.5. The molecule has 0 bridgehead atoms. The van der Waals surface area contributed by atoms with Crippen LogP contribution in [0.25, 0.3) is 0 Å². The van der Waals surface area contributed by atoms with E-state index in [0.717, 1.165) is 10.6 Å². The Balaban J connectivity index is 1.51. The molecule has 3 aromatic rings. The van der Waals surface area contributed by atoms with Crippen molar-refractivity contribution in [1.82, 2.24) is 35.7 Å². The number of ether oxygens (including phenoxy) is 1. The standard InChI is InChI=1S/C35H44N8O11/c1-19(42(2)28(47)17-36)29(31(49)37-18-23-16-26(45)32(54-23)43-13-12-27(46)40-35(43)53)41-30(48)24(14-20-6-4-3-5-7-20)38-34(52)39-25(33(50)51)15-21-8-10-22(44)11-9-21/h3-13,19,23-26,29,32,44-45H,14-18,36H2,1-2H3,(H,37,49)(H,41,48)(H,50,51)(H2,38,39,52)(H,40,46,53)/t19-,23+,24-,25-,26+,29?,32+/m0/s1. The number of hydrogen-bond acceptors (Lipinski definition) is 11. The Kier molecular flexibility index (Phi) is 14.0. The molecule has 5 amide bonds. The first-order valence-electron chi connectivity index (χ1n) is 17.0. The van der Waals surface area contributed by atoms with E-state index in [2.05, 4.69) is 26.3 Å². The number of carbonyl (C=O) groups excluding carboxylic acids is 4. The number of aromatic amines is 1. The molecular formula is C35H44N8O11. The van der Waals surface area contributed by atoms with E-state index in [0.29, 0.717) is 11.1 Å². The van der Waals surface area contributed by atoms with Crippen molar-refractivity contribution in [2.24, 2.45) is 5.73 Å². The number of aromatic nitrogens is 2. The Labute approximate surface area is 308 Å². The highest BCUT2D eigenvalue weighted by Gasteiger charge is 2.38. The molecule has 0 radical (unpaired) electrons. The Morgan fingerprint density at radius 2 is 1.57 bits per heavy atom. The van der Waals surface area contributed by atoms with Gasteiger partial charge in [-0.3, -0.25) is 28.7 Å². The van der Waals surface area contributed by atoms with E-state index in [1.54, 1.807) is 30.3 Å². The lowest BCUT2D eigenvalue weighted by atomic mass is 10.0. The number of aliphatic hydroxyl groups excluding tert-OH is 1. The number of aliphatic hydroxyl groups is 1. The average Bonchev–Trinajstić information content (AvgIpc) is 3.51. The highest BCUT2D eigenvalue weighted by Crippen LogP contribution is 2.27. The van der Waals surface area contributed by atoms with Crippen LogP contribution in [0.5, 0.6) is 5.75 Å². The zero-order valence-corrected chi connectivity index (χ0v) is 29.5. The first-order chi connectivity index (χ1) is 25.7. The number of nitrogens with zero attached hydrogens (tertiary/aromatic N) is 2.